The maximum Gasteiger partial charge on any atom is 0.327 e. The van der Waals surface area contributed by atoms with Gasteiger partial charge in [0.25, 0.3) is 0 Å². The molecule has 2 aromatic heterocycles. The Balaban J connectivity index is 1.41. The second kappa shape index (κ2) is 7.71. The highest BCUT2D eigenvalue weighted by molar-refractivity contribution is 6.29. The van der Waals surface area contributed by atoms with Crippen LogP contribution in [-0.2, 0) is 4.74 Å². The van der Waals surface area contributed by atoms with Crippen molar-refractivity contribution >= 4 is 22.8 Å². The van der Waals surface area contributed by atoms with Crippen LogP contribution < -0.4 is 5.69 Å². The molecule has 7 heteroatoms. The van der Waals surface area contributed by atoms with E-state index in [2.05, 4.69) is 21.8 Å². The van der Waals surface area contributed by atoms with Gasteiger partial charge in [-0.1, -0.05) is 11.6 Å². The molecule has 2 aromatic rings. The number of likely N-dealkylation sites (tertiary alicyclic amines) is 1. The Hall–Kier alpha value is -1.37. The van der Waals surface area contributed by atoms with Crippen LogP contribution in [-0.4, -0.2) is 51.3 Å². The Morgan fingerprint density at radius 3 is 2.58 bits per heavy atom. The minimum absolute atomic E-state index is 0.0783. The van der Waals surface area contributed by atoms with Gasteiger partial charge < -0.3 is 14.6 Å². The average Bonchev–Trinajstić information content (AvgIpc) is 2.98. The third-order valence-electron chi connectivity index (χ3n) is 5.96. The summed E-state index contributed by atoms with van der Waals surface area (Å²) < 4.78 is 7.58. The van der Waals surface area contributed by atoms with E-state index in [1.54, 1.807) is 6.07 Å². The van der Waals surface area contributed by atoms with Gasteiger partial charge in [-0.2, -0.15) is 0 Å². The fraction of sp³-hybridized carbons (Fsp3) is 0.684. The van der Waals surface area contributed by atoms with Crippen LogP contribution in [0.4, 0.5) is 0 Å². The van der Waals surface area contributed by atoms with E-state index in [4.69, 9.17) is 16.3 Å². The van der Waals surface area contributed by atoms with Gasteiger partial charge in [0.2, 0.25) is 0 Å². The van der Waals surface area contributed by atoms with Crippen LogP contribution in [0.5, 0.6) is 0 Å². The molecule has 1 aliphatic carbocycles. The predicted octanol–water partition coefficient (Wildman–Crippen LogP) is 3.36. The summed E-state index contributed by atoms with van der Waals surface area (Å²) in [6, 6.07) is 4.40. The number of H-pyrrole nitrogens is 1. The highest BCUT2D eigenvalue weighted by Crippen LogP contribution is 2.30. The lowest BCUT2D eigenvalue weighted by molar-refractivity contribution is 0.00795. The number of fused-ring (bicyclic) bond motifs is 1. The molecular weight excluding hydrogens is 352 g/mol. The van der Waals surface area contributed by atoms with Crippen LogP contribution in [0.25, 0.3) is 11.2 Å². The number of pyridine rings is 1. The summed E-state index contributed by atoms with van der Waals surface area (Å²) in [5, 5.41) is 0.425. The molecule has 4 rings (SSSR count). The first-order chi connectivity index (χ1) is 12.7. The Labute approximate surface area is 158 Å². The molecule has 1 saturated heterocycles. The molecule has 0 aromatic carbocycles. The summed E-state index contributed by atoms with van der Waals surface area (Å²) in [5.74, 6) is 0. The molecular formula is C19H27ClN4O2. The van der Waals surface area contributed by atoms with E-state index in [0.29, 0.717) is 22.9 Å². The van der Waals surface area contributed by atoms with E-state index in [-0.39, 0.29) is 11.7 Å². The predicted molar refractivity (Wildman–Crippen MR) is 103 cm³/mol. The lowest BCUT2D eigenvalue weighted by atomic mass is 9.90. The number of aromatic amines is 1. The molecule has 142 valence electrons. The van der Waals surface area contributed by atoms with Crippen molar-refractivity contribution in [3.63, 3.8) is 0 Å². The number of imidazole rings is 1. The minimum Gasteiger partial charge on any atom is -0.379 e. The number of nitrogens with one attached hydrogen (secondary N) is 1. The Kier molecular flexibility index (Phi) is 5.34. The van der Waals surface area contributed by atoms with Gasteiger partial charge in [0.15, 0.2) is 5.65 Å². The highest BCUT2D eigenvalue weighted by Gasteiger charge is 2.30. The number of halogens is 1. The van der Waals surface area contributed by atoms with Crippen molar-refractivity contribution < 1.29 is 4.74 Å². The Morgan fingerprint density at radius 1 is 1.15 bits per heavy atom. The van der Waals surface area contributed by atoms with Gasteiger partial charge in [-0.25, -0.2) is 9.78 Å². The smallest absolute Gasteiger partial charge is 0.327 e. The maximum atomic E-state index is 12.4. The summed E-state index contributed by atoms with van der Waals surface area (Å²) in [6.07, 6.45) is 7.19. The second-order valence-electron chi connectivity index (χ2n) is 7.46. The van der Waals surface area contributed by atoms with E-state index in [1.807, 2.05) is 10.6 Å². The molecule has 0 atom stereocenters. The monoisotopic (exact) mass is 378 g/mol. The summed E-state index contributed by atoms with van der Waals surface area (Å²) >= 11 is 6.04. The van der Waals surface area contributed by atoms with E-state index >= 15 is 0 Å². The van der Waals surface area contributed by atoms with E-state index in [0.717, 1.165) is 38.1 Å². The third kappa shape index (κ3) is 3.55. The topological polar surface area (TPSA) is 63.1 Å². The van der Waals surface area contributed by atoms with Gasteiger partial charge in [-0.3, -0.25) is 4.57 Å². The van der Waals surface area contributed by atoms with Crippen molar-refractivity contribution in [2.75, 3.05) is 19.7 Å². The van der Waals surface area contributed by atoms with Crippen molar-refractivity contribution in [3.05, 3.63) is 27.8 Å². The molecule has 0 spiro atoms. The van der Waals surface area contributed by atoms with Crippen LogP contribution in [0, 0.1) is 0 Å². The second-order valence-corrected chi connectivity index (χ2v) is 7.85. The zero-order valence-corrected chi connectivity index (χ0v) is 16.0. The van der Waals surface area contributed by atoms with E-state index < -0.39 is 0 Å². The van der Waals surface area contributed by atoms with Crippen LogP contribution in [0.2, 0.25) is 5.15 Å². The van der Waals surface area contributed by atoms with Crippen LogP contribution >= 0.6 is 11.6 Å². The number of ether oxygens (including phenoxy) is 1. The summed E-state index contributed by atoms with van der Waals surface area (Å²) in [5.41, 5.74) is 1.36. The largest absolute Gasteiger partial charge is 0.379 e. The summed E-state index contributed by atoms with van der Waals surface area (Å²) in [6.45, 7) is 4.96. The molecule has 0 unspecified atom stereocenters. The number of aromatic nitrogens is 3. The zero-order chi connectivity index (χ0) is 18.1. The van der Waals surface area contributed by atoms with Gasteiger partial charge in [0, 0.05) is 31.8 Å². The molecule has 0 amide bonds. The molecule has 1 aliphatic heterocycles. The third-order valence-corrected chi connectivity index (χ3v) is 6.17. The van der Waals surface area contributed by atoms with Crippen LogP contribution in [0.15, 0.2) is 16.9 Å². The van der Waals surface area contributed by atoms with Gasteiger partial charge in [0.1, 0.15) is 5.15 Å². The molecule has 0 bridgehead atoms. The Bertz CT molecular complexity index is 801. The number of rotatable bonds is 4. The van der Waals surface area contributed by atoms with Crippen molar-refractivity contribution in [2.45, 2.75) is 63.6 Å². The molecule has 1 saturated carbocycles. The fourth-order valence-corrected chi connectivity index (χ4v) is 4.78. The first kappa shape index (κ1) is 18.0. The SMILES string of the molecule is CCOC1CCC(N2CCC(n3c(=O)[nH]c4ccc(Cl)nc43)CC2)CC1. The van der Waals surface area contributed by atoms with Gasteiger partial charge >= 0.3 is 5.69 Å². The highest BCUT2D eigenvalue weighted by atomic mass is 35.5. The molecule has 1 N–H and O–H groups in total. The molecule has 2 aliphatic rings. The van der Waals surface area contributed by atoms with E-state index in [9.17, 15) is 4.79 Å². The van der Waals surface area contributed by atoms with Gasteiger partial charge in [-0.05, 0) is 57.6 Å². The fourth-order valence-electron chi connectivity index (χ4n) is 4.64. The molecule has 6 nitrogen and oxygen atoms in total. The standard InChI is InChI=1S/C19H27ClN4O2/c1-2-26-15-5-3-13(4-6-15)23-11-9-14(10-12-23)24-18-16(21-19(24)25)7-8-17(20)22-18/h7-8,13-15H,2-6,9-12H2,1H3,(H,21,25). The molecule has 0 radical (unpaired) electrons. The van der Waals surface area contributed by atoms with Crippen LogP contribution in [0.1, 0.15) is 51.5 Å². The quantitative estimate of drug-likeness (QED) is 0.828. The number of hydrogen-bond donors (Lipinski definition) is 1. The lowest BCUT2D eigenvalue weighted by Crippen LogP contribution is -2.45. The number of hydrogen-bond acceptors (Lipinski definition) is 4. The molecule has 2 fully saturated rings. The van der Waals surface area contributed by atoms with Gasteiger partial charge in [-0.15, -0.1) is 0 Å². The first-order valence-electron chi connectivity index (χ1n) is 9.78. The average molecular weight is 379 g/mol. The van der Waals surface area contributed by atoms with Crippen molar-refractivity contribution in [1.82, 2.24) is 19.4 Å². The Morgan fingerprint density at radius 2 is 1.88 bits per heavy atom. The zero-order valence-electron chi connectivity index (χ0n) is 15.3. The maximum absolute atomic E-state index is 12.4. The van der Waals surface area contributed by atoms with Crippen molar-refractivity contribution in [3.8, 4) is 0 Å². The van der Waals surface area contributed by atoms with Crippen LogP contribution in [0.3, 0.4) is 0 Å². The molecule has 3 heterocycles. The lowest BCUT2D eigenvalue weighted by Gasteiger charge is -2.40. The van der Waals surface area contributed by atoms with E-state index in [1.165, 1.54) is 25.7 Å². The normalized spacial score (nSPS) is 25.8. The first-order valence-corrected chi connectivity index (χ1v) is 10.2. The number of piperidine rings is 1. The summed E-state index contributed by atoms with van der Waals surface area (Å²) in [7, 11) is 0. The van der Waals surface area contributed by atoms with Crippen molar-refractivity contribution in [1.29, 1.82) is 0 Å². The minimum atomic E-state index is -0.0783. The van der Waals surface area contributed by atoms with Gasteiger partial charge in [0.05, 0.1) is 11.6 Å². The molecule has 26 heavy (non-hydrogen) atoms. The van der Waals surface area contributed by atoms with Crippen molar-refractivity contribution in [2.24, 2.45) is 0 Å². The number of nitrogens with zero attached hydrogens (tertiary/aromatic N) is 3. The summed E-state index contributed by atoms with van der Waals surface area (Å²) in [4.78, 5) is 22.3.